The van der Waals surface area contributed by atoms with Gasteiger partial charge in [0.2, 0.25) is 0 Å². The van der Waals surface area contributed by atoms with Crippen molar-refractivity contribution in [2.24, 2.45) is 0 Å². The summed E-state index contributed by atoms with van der Waals surface area (Å²) in [4.78, 5) is 12.6. The van der Waals surface area contributed by atoms with E-state index in [0.29, 0.717) is 6.54 Å². The van der Waals surface area contributed by atoms with Crippen molar-refractivity contribution in [2.75, 3.05) is 13.1 Å². The average Bonchev–Trinajstić information content (AvgIpc) is 2.65. The van der Waals surface area contributed by atoms with Gasteiger partial charge in [0.15, 0.2) is 0 Å². The van der Waals surface area contributed by atoms with E-state index in [1.165, 1.54) is 0 Å². The fraction of sp³-hybridized carbons (Fsp3) is 0.636. The molecule has 0 aliphatic carbocycles. The highest BCUT2D eigenvalue weighted by Crippen LogP contribution is 2.04. The van der Waals surface area contributed by atoms with Crippen LogP contribution in [-0.4, -0.2) is 38.8 Å². The van der Waals surface area contributed by atoms with Crippen LogP contribution in [0.2, 0.25) is 0 Å². The molecule has 0 aromatic carbocycles. The van der Waals surface area contributed by atoms with E-state index < -0.39 is 5.97 Å². The number of carboxylic acid groups (broad SMARTS) is 1. The Labute approximate surface area is 95.7 Å². The van der Waals surface area contributed by atoms with E-state index >= 15 is 0 Å². The van der Waals surface area contributed by atoms with Crippen LogP contribution in [0.1, 0.15) is 25.8 Å². The molecule has 0 bridgehead atoms. The Morgan fingerprint density at radius 1 is 1.56 bits per heavy atom. The van der Waals surface area contributed by atoms with Crippen molar-refractivity contribution in [3.63, 3.8) is 0 Å². The Bertz CT molecular complexity index is 336. The molecule has 0 aliphatic rings. The topological polar surface area (TPSA) is 58.4 Å². The molecule has 0 saturated heterocycles. The number of carboxylic acids is 1. The molecule has 0 amide bonds. The highest BCUT2D eigenvalue weighted by Gasteiger charge is 2.10. The van der Waals surface area contributed by atoms with Gasteiger partial charge in [-0.2, -0.15) is 5.10 Å². The van der Waals surface area contributed by atoms with Crippen LogP contribution in [0.4, 0.5) is 0 Å². The number of nitrogens with zero attached hydrogens (tertiary/aromatic N) is 3. The van der Waals surface area contributed by atoms with E-state index in [0.717, 1.165) is 25.1 Å². The Balaban J connectivity index is 2.56. The zero-order valence-electron chi connectivity index (χ0n) is 9.89. The van der Waals surface area contributed by atoms with E-state index in [-0.39, 0.29) is 6.54 Å². The number of carbonyl (C=O) groups is 1. The standard InChI is InChI=1S/C11H19N3O2/c1-3-5-13(9-11(15)16)7-10-6-12-14(4-2)8-10/h6,8H,3-5,7,9H2,1-2H3,(H,15,16). The van der Waals surface area contributed by atoms with Gasteiger partial charge >= 0.3 is 5.97 Å². The second kappa shape index (κ2) is 6.27. The first kappa shape index (κ1) is 12.7. The fourth-order valence-corrected chi connectivity index (χ4v) is 1.64. The summed E-state index contributed by atoms with van der Waals surface area (Å²) in [7, 11) is 0. The minimum absolute atomic E-state index is 0.0884. The van der Waals surface area contributed by atoms with Gasteiger partial charge in [0.25, 0.3) is 0 Å². The second-order valence-corrected chi connectivity index (χ2v) is 3.81. The summed E-state index contributed by atoms with van der Waals surface area (Å²) in [6.45, 7) is 6.45. The van der Waals surface area contributed by atoms with Crippen molar-refractivity contribution in [3.05, 3.63) is 18.0 Å². The number of rotatable bonds is 7. The zero-order valence-corrected chi connectivity index (χ0v) is 9.89. The molecule has 0 unspecified atom stereocenters. The third-order valence-electron chi connectivity index (χ3n) is 2.32. The SMILES string of the molecule is CCCN(CC(=O)O)Cc1cnn(CC)c1. The first-order valence-corrected chi connectivity index (χ1v) is 5.61. The van der Waals surface area contributed by atoms with Crippen LogP contribution in [0.3, 0.4) is 0 Å². The molecule has 1 heterocycles. The lowest BCUT2D eigenvalue weighted by Gasteiger charge is -2.18. The van der Waals surface area contributed by atoms with Crippen molar-refractivity contribution >= 4 is 5.97 Å². The van der Waals surface area contributed by atoms with E-state index in [9.17, 15) is 4.79 Å². The van der Waals surface area contributed by atoms with Crippen molar-refractivity contribution in [1.82, 2.24) is 14.7 Å². The monoisotopic (exact) mass is 225 g/mol. The minimum Gasteiger partial charge on any atom is -0.480 e. The van der Waals surface area contributed by atoms with Gasteiger partial charge in [-0.05, 0) is 19.9 Å². The smallest absolute Gasteiger partial charge is 0.317 e. The summed E-state index contributed by atoms with van der Waals surface area (Å²) in [5.74, 6) is -0.781. The summed E-state index contributed by atoms with van der Waals surface area (Å²) in [5, 5.41) is 12.9. The molecule has 5 heteroatoms. The van der Waals surface area contributed by atoms with Crippen molar-refractivity contribution in [1.29, 1.82) is 0 Å². The fourth-order valence-electron chi connectivity index (χ4n) is 1.64. The molecule has 1 N–H and O–H groups in total. The first-order valence-electron chi connectivity index (χ1n) is 5.61. The van der Waals surface area contributed by atoms with E-state index in [1.807, 2.05) is 29.6 Å². The maximum absolute atomic E-state index is 10.7. The van der Waals surface area contributed by atoms with Crippen LogP contribution in [-0.2, 0) is 17.9 Å². The summed E-state index contributed by atoms with van der Waals surface area (Å²) < 4.78 is 1.85. The van der Waals surface area contributed by atoms with Gasteiger partial charge in [-0.3, -0.25) is 14.4 Å². The molecule has 0 fully saturated rings. The van der Waals surface area contributed by atoms with E-state index in [4.69, 9.17) is 5.11 Å². The average molecular weight is 225 g/mol. The van der Waals surface area contributed by atoms with Crippen molar-refractivity contribution < 1.29 is 9.90 Å². The summed E-state index contributed by atoms with van der Waals surface area (Å²) in [6.07, 6.45) is 4.72. The largest absolute Gasteiger partial charge is 0.480 e. The lowest BCUT2D eigenvalue weighted by molar-refractivity contribution is -0.138. The molecule has 1 aromatic heterocycles. The van der Waals surface area contributed by atoms with Crippen LogP contribution >= 0.6 is 0 Å². The molecule has 16 heavy (non-hydrogen) atoms. The Morgan fingerprint density at radius 2 is 2.31 bits per heavy atom. The van der Waals surface area contributed by atoms with Crippen LogP contribution in [0.15, 0.2) is 12.4 Å². The molecular formula is C11H19N3O2. The zero-order chi connectivity index (χ0) is 12.0. The lowest BCUT2D eigenvalue weighted by atomic mass is 10.3. The van der Waals surface area contributed by atoms with Gasteiger partial charge in [-0.15, -0.1) is 0 Å². The molecule has 0 spiro atoms. The summed E-state index contributed by atoms with van der Waals surface area (Å²) in [5.41, 5.74) is 1.07. The molecule has 0 atom stereocenters. The van der Waals surface area contributed by atoms with Gasteiger partial charge in [0.05, 0.1) is 12.7 Å². The molecular weight excluding hydrogens is 206 g/mol. The molecule has 0 saturated carbocycles. The third kappa shape index (κ3) is 4.02. The number of aryl methyl sites for hydroxylation is 1. The highest BCUT2D eigenvalue weighted by molar-refractivity contribution is 5.69. The number of hydrogen-bond donors (Lipinski definition) is 1. The van der Waals surface area contributed by atoms with Gasteiger partial charge in [-0.1, -0.05) is 6.92 Å². The Morgan fingerprint density at radius 3 is 2.81 bits per heavy atom. The molecule has 5 nitrogen and oxygen atoms in total. The minimum atomic E-state index is -0.781. The van der Waals surface area contributed by atoms with E-state index in [1.54, 1.807) is 6.20 Å². The third-order valence-corrected chi connectivity index (χ3v) is 2.32. The van der Waals surface area contributed by atoms with Crippen LogP contribution in [0.5, 0.6) is 0 Å². The number of aromatic nitrogens is 2. The number of hydrogen-bond acceptors (Lipinski definition) is 3. The maximum Gasteiger partial charge on any atom is 0.317 e. The first-order chi connectivity index (χ1) is 7.65. The molecule has 1 aromatic rings. The molecule has 0 radical (unpaired) electrons. The van der Waals surface area contributed by atoms with Crippen molar-refractivity contribution in [3.8, 4) is 0 Å². The van der Waals surface area contributed by atoms with E-state index in [2.05, 4.69) is 5.10 Å². The second-order valence-electron chi connectivity index (χ2n) is 3.81. The Kier molecular flexibility index (Phi) is 4.98. The van der Waals surface area contributed by atoms with Gasteiger partial charge < -0.3 is 5.11 Å². The summed E-state index contributed by atoms with van der Waals surface area (Å²) >= 11 is 0. The van der Waals surface area contributed by atoms with Gasteiger partial charge in [-0.25, -0.2) is 0 Å². The van der Waals surface area contributed by atoms with Gasteiger partial charge in [0.1, 0.15) is 0 Å². The van der Waals surface area contributed by atoms with Gasteiger partial charge in [0, 0.05) is 24.8 Å². The summed E-state index contributed by atoms with van der Waals surface area (Å²) in [6, 6.07) is 0. The van der Waals surface area contributed by atoms with Crippen LogP contribution in [0.25, 0.3) is 0 Å². The normalized spacial score (nSPS) is 10.9. The van der Waals surface area contributed by atoms with Crippen LogP contribution < -0.4 is 0 Å². The Hall–Kier alpha value is -1.36. The van der Waals surface area contributed by atoms with Crippen LogP contribution in [0, 0.1) is 0 Å². The predicted molar refractivity (Wildman–Crippen MR) is 61.1 cm³/mol. The molecule has 1 rings (SSSR count). The lowest BCUT2D eigenvalue weighted by Crippen LogP contribution is -2.29. The quantitative estimate of drug-likeness (QED) is 0.757. The maximum atomic E-state index is 10.7. The van der Waals surface area contributed by atoms with Crippen molar-refractivity contribution in [2.45, 2.75) is 33.4 Å². The highest BCUT2D eigenvalue weighted by atomic mass is 16.4. The molecule has 0 aliphatic heterocycles. The number of aliphatic carboxylic acids is 1. The molecule has 90 valence electrons. The predicted octanol–water partition coefficient (Wildman–Crippen LogP) is 1.20.